The molecule has 1 aromatic rings. The third-order valence-electron chi connectivity index (χ3n) is 2.55. The van der Waals surface area contributed by atoms with Crippen LogP contribution in [0.15, 0.2) is 18.2 Å². The molecule has 0 aliphatic heterocycles. The zero-order valence-electron chi connectivity index (χ0n) is 10.8. The number of hydrogen-bond acceptors (Lipinski definition) is 2. The highest BCUT2D eigenvalue weighted by Gasteiger charge is 2.22. The molecular formula is C14H20O2. The molecule has 0 fully saturated rings. The summed E-state index contributed by atoms with van der Waals surface area (Å²) in [5.41, 5.74) is 2.01. The normalized spacial score (nSPS) is 11.3. The van der Waals surface area contributed by atoms with Crippen molar-refractivity contribution in [2.45, 2.75) is 46.6 Å². The van der Waals surface area contributed by atoms with Crippen molar-refractivity contribution in [3.63, 3.8) is 0 Å². The molecule has 0 heterocycles. The van der Waals surface area contributed by atoms with Crippen LogP contribution in [0.2, 0.25) is 0 Å². The molecule has 1 aromatic carbocycles. The Bertz CT molecular complexity index is 392. The smallest absolute Gasteiger partial charge is 0.133 e. The fourth-order valence-electron chi connectivity index (χ4n) is 1.73. The standard InChI is InChI=1S/C14H20O2/c1-10-6-7-13(8-11(10)2)16-14(4,5)9-12(3)15/h6-8H,9H2,1-5H3. The number of carbonyl (C=O) groups excluding carboxylic acids is 1. The maximum atomic E-state index is 11.1. The highest BCUT2D eigenvalue weighted by molar-refractivity contribution is 5.76. The largest absolute Gasteiger partial charge is 0.487 e. The number of aryl methyl sites for hydroxylation is 2. The predicted octanol–water partition coefficient (Wildman–Crippen LogP) is 3.44. The minimum absolute atomic E-state index is 0.147. The van der Waals surface area contributed by atoms with Crippen molar-refractivity contribution >= 4 is 5.78 Å². The average Bonchev–Trinajstić information content (AvgIpc) is 2.08. The molecule has 0 aromatic heterocycles. The van der Waals surface area contributed by atoms with Crippen LogP contribution < -0.4 is 4.74 Å². The lowest BCUT2D eigenvalue weighted by molar-refractivity contribution is -0.120. The van der Waals surface area contributed by atoms with Crippen LogP contribution >= 0.6 is 0 Å². The van der Waals surface area contributed by atoms with Gasteiger partial charge in [-0.2, -0.15) is 0 Å². The molecule has 16 heavy (non-hydrogen) atoms. The van der Waals surface area contributed by atoms with Gasteiger partial charge in [-0.05, 0) is 57.9 Å². The molecule has 0 N–H and O–H groups in total. The van der Waals surface area contributed by atoms with Crippen molar-refractivity contribution < 1.29 is 9.53 Å². The van der Waals surface area contributed by atoms with Crippen LogP contribution in [-0.2, 0) is 4.79 Å². The van der Waals surface area contributed by atoms with Crippen molar-refractivity contribution in [1.82, 2.24) is 0 Å². The van der Waals surface area contributed by atoms with E-state index in [1.807, 2.05) is 32.0 Å². The van der Waals surface area contributed by atoms with Crippen molar-refractivity contribution in [2.75, 3.05) is 0 Å². The second-order valence-electron chi connectivity index (χ2n) is 4.99. The molecular weight excluding hydrogens is 200 g/mol. The first-order valence-corrected chi connectivity index (χ1v) is 5.56. The minimum Gasteiger partial charge on any atom is -0.487 e. The Morgan fingerprint density at radius 3 is 2.38 bits per heavy atom. The third-order valence-corrected chi connectivity index (χ3v) is 2.55. The van der Waals surface area contributed by atoms with E-state index in [0.717, 1.165) is 5.75 Å². The lowest BCUT2D eigenvalue weighted by Gasteiger charge is -2.25. The highest BCUT2D eigenvalue weighted by atomic mass is 16.5. The Morgan fingerprint density at radius 2 is 1.88 bits per heavy atom. The van der Waals surface area contributed by atoms with Crippen LogP contribution in [0.1, 0.15) is 38.3 Å². The summed E-state index contributed by atoms with van der Waals surface area (Å²) in [5.74, 6) is 0.975. The van der Waals surface area contributed by atoms with Gasteiger partial charge in [-0.1, -0.05) is 6.07 Å². The van der Waals surface area contributed by atoms with Crippen LogP contribution in [0.4, 0.5) is 0 Å². The Balaban J connectivity index is 2.79. The molecule has 88 valence electrons. The van der Waals surface area contributed by atoms with Gasteiger partial charge in [-0.25, -0.2) is 0 Å². The highest BCUT2D eigenvalue weighted by Crippen LogP contribution is 2.23. The van der Waals surface area contributed by atoms with Crippen molar-refractivity contribution in [3.8, 4) is 5.75 Å². The topological polar surface area (TPSA) is 26.3 Å². The Morgan fingerprint density at radius 1 is 1.25 bits per heavy atom. The Labute approximate surface area is 97.6 Å². The maximum absolute atomic E-state index is 11.1. The van der Waals surface area contributed by atoms with E-state index in [-0.39, 0.29) is 5.78 Å². The molecule has 2 nitrogen and oxygen atoms in total. The lowest BCUT2D eigenvalue weighted by Crippen LogP contribution is -2.30. The summed E-state index contributed by atoms with van der Waals surface area (Å²) in [6.45, 7) is 9.58. The van der Waals surface area contributed by atoms with Gasteiger partial charge >= 0.3 is 0 Å². The van der Waals surface area contributed by atoms with Gasteiger partial charge in [-0.15, -0.1) is 0 Å². The van der Waals surface area contributed by atoms with Crippen LogP contribution in [0.25, 0.3) is 0 Å². The van der Waals surface area contributed by atoms with E-state index in [4.69, 9.17) is 4.74 Å². The molecule has 0 atom stereocenters. The minimum atomic E-state index is -0.437. The number of ether oxygens (including phenoxy) is 1. The van der Waals surface area contributed by atoms with E-state index >= 15 is 0 Å². The molecule has 0 saturated carbocycles. The van der Waals surface area contributed by atoms with Gasteiger partial charge in [-0.3, -0.25) is 4.79 Å². The van der Waals surface area contributed by atoms with Gasteiger partial charge in [0.2, 0.25) is 0 Å². The number of Topliss-reactive ketones (excluding diaryl/α,β-unsaturated/α-hetero) is 1. The van der Waals surface area contributed by atoms with Gasteiger partial charge in [0.25, 0.3) is 0 Å². The van der Waals surface area contributed by atoms with E-state index in [1.54, 1.807) is 6.92 Å². The fourth-order valence-corrected chi connectivity index (χ4v) is 1.73. The van der Waals surface area contributed by atoms with Gasteiger partial charge in [0.05, 0.1) is 0 Å². The second-order valence-corrected chi connectivity index (χ2v) is 4.99. The molecule has 0 aliphatic carbocycles. The lowest BCUT2D eigenvalue weighted by atomic mass is 10.0. The maximum Gasteiger partial charge on any atom is 0.133 e. The molecule has 0 aliphatic rings. The Kier molecular flexibility index (Phi) is 3.74. The molecule has 0 amide bonds. The number of benzene rings is 1. The molecule has 0 bridgehead atoms. The van der Waals surface area contributed by atoms with Crippen molar-refractivity contribution in [2.24, 2.45) is 0 Å². The van der Waals surface area contributed by atoms with E-state index in [9.17, 15) is 4.79 Å². The summed E-state index contributed by atoms with van der Waals surface area (Å²) >= 11 is 0. The van der Waals surface area contributed by atoms with Crippen molar-refractivity contribution in [3.05, 3.63) is 29.3 Å². The first-order chi connectivity index (χ1) is 7.30. The van der Waals surface area contributed by atoms with Crippen LogP contribution in [-0.4, -0.2) is 11.4 Å². The average molecular weight is 220 g/mol. The molecule has 0 unspecified atom stereocenters. The summed E-state index contributed by atoms with van der Waals surface area (Å²) in [7, 11) is 0. The number of rotatable bonds is 4. The number of hydrogen-bond donors (Lipinski definition) is 0. The summed E-state index contributed by atoms with van der Waals surface area (Å²) in [6.07, 6.45) is 0.430. The molecule has 2 heteroatoms. The SMILES string of the molecule is CC(=O)CC(C)(C)Oc1ccc(C)c(C)c1. The van der Waals surface area contributed by atoms with Gasteiger partial charge in [0.1, 0.15) is 17.1 Å². The van der Waals surface area contributed by atoms with Crippen molar-refractivity contribution in [1.29, 1.82) is 0 Å². The van der Waals surface area contributed by atoms with E-state index < -0.39 is 5.60 Å². The summed E-state index contributed by atoms with van der Waals surface area (Å²) in [5, 5.41) is 0. The number of carbonyl (C=O) groups is 1. The molecule has 0 spiro atoms. The van der Waals surface area contributed by atoms with Crippen LogP contribution in [0, 0.1) is 13.8 Å². The predicted molar refractivity (Wildman–Crippen MR) is 65.9 cm³/mol. The van der Waals surface area contributed by atoms with Gasteiger partial charge in [0.15, 0.2) is 0 Å². The zero-order valence-corrected chi connectivity index (χ0v) is 10.8. The quantitative estimate of drug-likeness (QED) is 0.777. The van der Waals surface area contributed by atoms with E-state index in [2.05, 4.69) is 13.8 Å². The molecule has 0 radical (unpaired) electrons. The van der Waals surface area contributed by atoms with Gasteiger partial charge in [0, 0.05) is 6.42 Å². The second kappa shape index (κ2) is 4.69. The molecule has 0 saturated heterocycles. The summed E-state index contributed by atoms with van der Waals surface area (Å²) < 4.78 is 5.83. The Hall–Kier alpha value is -1.31. The monoisotopic (exact) mass is 220 g/mol. The zero-order chi connectivity index (χ0) is 12.3. The summed E-state index contributed by atoms with van der Waals surface area (Å²) in [6, 6.07) is 6.00. The van der Waals surface area contributed by atoms with Crippen LogP contribution in [0.3, 0.4) is 0 Å². The van der Waals surface area contributed by atoms with Crippen LogP contribution in [0.5, 0.6) is 5.75 Å². The van der Waals surface area contributed by atoms with E-state index in [0.29, 0.717) is 6.42 Å². The fraction of sp³-hybridized carbons (Fsp3) is 0.500. The first kappa shape index (κ1) is 12.8. The summed E-state index contributed by atoms with van der Waals surface area (Å²) in [4.78, 5) is 11.1. The van der Waals surface area contributed by atoms with Gasteiger partial charge < -0.3 is 4.74 Å². The number of ketones is 1. The molecule has 1 rings (SSSR count). The third kappa shape index (κ3) is 3.69. The van der Waals surface area contributed by atoms with E-state index in [1.165, 1.54) is 11.1 Å². The first-order valence-electron chi connectivity index (χ1n) is 5.56.